The Morgan fingerprint density at radius 3 is 1.55 bits per heavy atom. The summed E-state index contributed by atoms with van der Waals surface area (Å²) >= 11 is 0. The fourth-order valence-electron chi connectivity index (χ4n) is 3.66. The molecule has 1 unspecified atom stereocenters. The van der Waals surface area contributed by atoms with Crippen LogP contribution in [0.3, 0.4) is 0 Å². The van der Waals surface area contributed by atoms with Gasteiger partial charge in [0.15, 0.2) is 0 Å². The maximum atomic E-state index is 13.9. The van der Waals surface area contributed by atoms with Gasteiger partial charge in [-0.1, -0.05) is 12.1 Å². The van der Waals surface area contributed by atoms with Crippen LogP contribution in [0.15, 0.2) is 24.3 Å². The summed E-state index contributed by atoms with van der Waals surface area (Å²) in [5, 5.41) is 20.7. The van der Waals surface area contributed by atoms with Gasteiger partial charge in [0, 0.05) is 5.92 Å². The third-order valence-corrected chi connectivity index (χ3v) is 5.02. The Kier molecular flexibility index (Phi) is 7.36. The van der Waals surface area contributed by atoms with Gasteiger partial charge in [0.05, 0.1) is 13.2 Å². The summed E-state index contributed by atoms with van der Waals surface area (Å²) in [6, 6.07) is 2.65. The molecule has 0 saturated carbocycles. The molecule has 0 radical (unpaired) electrons. The lowest BCUT2D eigenvalue weighted by atomic mass is 9.67. The van der Waals surface area contributed by atoms with E-state index in [0.29, 0.717) is 24.3 Å². The van der Waals surface area contributed by atoms with E-state index in [-0.39, 0.29) is 0 Å². The molecule has 1 aromatic rings. The molecule has 0 aromatic heterocycles. The van der Waals surface area contributed by atoms with E-state index in [2.05, 4.69) is 14.2 Å². The van der Waals surface area contributed by atoms with E-state index in [9.17, 15) is 50.5 Å². The number of hydrogen-bond acceptors (Lipinski definition) is 7. The van der Waals surface area contributed by atoms with E-state index in [1.54, 1.807) is 0 Å². The molecule has 1 aliphatic heterocycles. The first-order valence-electron chi connectivity index (χ1n) is 9.42. The SMILES string of the molecule is CCOC(=O)[C@H]1C(c2ccc(F)cc2)[C@H](C(=O)OCC)[C@](O)(C(F)(F)F)O[C@]1(O)C(F)(F)F. The largest absolute Gasteiger partial charge is 0.466 e. The number of halogens is 7. The Bertz CT molecular complexity index is 823. The van der Waals surface area contributed by atoms with Crippen LogP contribution >= 0.6 is 0 Å². The lowest BCUT2D eigenvalue weighted by Gasteiger charge is -2.53. The number of aliphatic hydroxyl groups is 2. The van der Waals surface area contributed by atoms with Crippen LogP contribution in [0.2, 0.25) is 0 Å². The second-order valence-corrected chi connectivity index (χ2v) is 7.03. The van der Waals surface area contributed by atoms with Crippen LogP contribution in [-0.4, -0.2) is 59.3 Å². The number of ether oxygens (including phenoxy) is 3. The molecule has 2 N–H and O–H groups in total. The second-order valence-electron chi connectivity index (χ2n) is 7.03. The van der Waals surface area contributed by atoms with Crippen LogP contribution in [0, 0.1) is 17.7 Å². The molecule has 0 amide bonds. The van der Waals surface area contributed by atoms with Crippen molar-refractivity contribution in [1.29, 1.82) is 0 Å². The van der Waals surface area contributed by atoms with Crippen molar-refractivity contribution < 1.29 is 64.7 Å². The highest BCUT2D eigenvalue weighted by atomic mass is 19.4. The minimum Gasteiger partial charge on any atom is -0.466 e. The number of carbonyl (C=O) groups is 2. The molecule has 33 heavy (non-hydrogen) atoms. The van der Waals surface area contributed by atoms with Gasteiger partial charge < -0.3 is 24.4 Å². The van der Waals surface area contributed by atoms with Crippen molar-refractivity contribution >= 4 is 11.9 Å². The number of benzene rings is 1. The maximum Gasteiger partial charge on any atom is 0.444 e. The zero-order valence-corrected chi connectivity index (χ0v) is 17.0. The Labute approximate surface area is 182 Å². The first kappa shape index (κ1) is 26.8. The van der Waals surface area contributed by atoms with Gasteiger partial charge >= 0.3 is 24.3 Å². The van der Waals surface area contributed by atoms with Crippen molar-refractivity contribution in [2.45, 2.75) is 43.7 Å². The van der Waals surface area contributed by atoms with Crippen molar-refractivity contribution in [2.75, 3.05) is 13.2 Å². The van der Waals surface area contributed by atoms with Crippen molar-refractivity contribution in [3.8, 4) is 0 Å². The fraction of sp³-hybridized carbons (Fsp3) is 0.579. The summed E-state index contributed by atoms with van der Waals surface area (Å²) in [4.78, 5) is 25.1. The van der Waals surface area contributed by atoms with Gasteiger partial charge in [0.2, 0.25) is 0 Å². The molecule has 1 fully saturated rings. The number of carbonyl (C=O) groups excluding carboxylic acids is 2. The van der Waals surface area contributed by atoms with E-state index < -0.39 is 78.2 Å². The molecule has 1 saturated heterocycles. The average molecular weight is 492 g/mol. The smallest absolute Gasteiger partial charge is 0.444 e. The first-order chi connectivity index (χ1) is 15.0. The molecule has 1 aromatic carbocycles. The molecule has 0 aliphatic carbocycles. The van der Waals surface area contributed by atoms with Crippen LogP contribution in [0.25, 0.3) is 0 Å². The third kappa shape index (κ3) is 4.64. The van der Waals surface area contributed by atoms with Gasteiger partial charge in [-0.25, -0.2) is 4.39 Å². The van der Waals surface area contributed by atoms with Crippen LogP contribution in [0.1, 0.15) is 25.3 Å². The zero-order valence-electron chi connectivity index (χ0n) is 17.0. The Balaban J connectivity index is 2.95. The molecular formula is C19H19F7O7. The van der Waals surface area contributed by atoms with E-state index >= 15 is 0 Å². The quantitative estimate of drug-likeness (QED) is 0.482. The third-order valence-electron chi connectivity index (χ3n) is 5.02. The summed E-state index contributed by atoms with van der Waals surface area (Å²) in [5.74, 6) is -23.3. The Morgan fingerprint density at radius 2 is 1.24 bits per heavy atom. The lowest BCUT2D eigenvalue weighted by molar-refractivity contribution is -0.507. The number of rotatable bonds is 5. The van der Waals surface area contributed by atoms with Gasteiger partial charge in [0.25, 0.3) is 11.6 Å². The van der Waals surface area contributed by atoms with Crippen LogP contribution in [-0.2, 0) is 23.8 Å². The van der Waals surface area contributed by atoms with Crippen molar-refractivity contribution in [2.24, 2.45) is 11.8 Å². The van der Waals surface area contributed by atoms with E-state index in [0.717, 1.165) is 13.8 Å². The first-order valence-corrected chi connectivity index (χ1v) is 9.42. The van der Waals surface area contributed by atoms with E-state index in [1.807, 2.05) is 0 Å². The molecule has 2 rings (SSSR count). The second kappa shape index (κ2) is 9.06. The standard InChI is InChI=1S/C19H19F7O7/c1-3-31-14(27)12-11(9-5-7-10(20)8-6-9)13(15(28)32-4-2)17(30,19(24,25)26)33-16(12,29)18(21,22)23/h5-8,11-13,29-30H,3-4H2,1-2H3/t11?,12-,13-,16-,17+/m1/s1. The van der Waals surface area contributed by atoms with Gasteiger partial charge in [-0.3, -0.25) is 9.59 Å². The average Bonchev–Trinajstić information content (AvgIpc) is 2.66. The molecule has 0 spiro atoms. The summed E-state index contributed by atoms with van der Waals surface area (Å²) in [6.45, 7) is 1.20. The minimum atomic E-state index is -6.10. The maximum absolute atomic E-state index is 13.9. The summed E-state index contributed by atoms with van der Waals surface area (Å²) in [5.41, 5.74) is -0.638. The summed E-state index contributed by atoms with van der Waals surface area (Å²) in [7, 11) is 0. The number of hydrogen-bond donors (Lipinski definition) is 2. The van der Waals surface area contributed by atoms with Crippen molar-refractivity contribution in [1.82, 2.24) is 0 Å². The molecule has 5 atom stereocenters. The van der Waals surface area contributed by atoms with Gasteiger partial charge in [-0.15, -0.1) is 0 Å². The van der Waals surface area contributed by atoms with Crippen LogP contribution < -0.4 is 0 Å². The fourth-order valence-corrected chi connectivity index (χ4v) is 3.66. The minimum absolute atomic E-state index is 0.562. The van der Waals surface area contributed by atoms with Gasteiger partial charge in [-0.05, 0) is 31.5 Å². The van der Waals surface area contributed by atoms with E-state index in [4.69, 9.17) is 0 Å². The van der Waals surface area contributed by atoms with E-state index in [1.165, 1.54) is 0 Å². The van der Waals surface area contributed by atoms with Crippen LogP contribution in [0.5, 0.6) is 0 Å². The Morgan fingerprint density at radius 1 is 0.879 bits per heavy atom. The summed E-state index contributed by atoms with van der Waals surface area (Å²) < 4.78 is 110. The topological polar surface area (TPSA) is 102 Å². The molecule has 14 heteroatoms. The van der Waals surface area contributed by atoms with Crippen LogP contribution in [0.4, 0.5) is 30.7 Å². The predicted molar refractivity (Wildman–Crippen MR) is 92.5 cm³/mol. The molecule has 1 heterocycles. The zero-order chi connectivity index (χ0) is 25.4. The highest BCUT2D eigenvalue weighted by Gasteiger charge is 2.80. The number of alkyl halides is 6. The molecule has 7 nitrogen and oxygen atoms in total. The number of esters is 2. The van der Waals surface area contributed by atoms with Gasteiger partial charge in [0.1, 0.15) is 17.7 Å². The molecule has 1 aliphatic rings. The molecular weight excluding hydrogens is 473 g/mol. The van der Waals surface area contributed by atoms with Crippen molar-refractivity contribution in [3.05, 3.63) is 35.6 Å². The normalized spacial score (nSPS) is 30.6. The van der Waals surface area contributed by atoms with Crippen molar-refractivity contribution in [3.63, 3.8) is 0 Å². The lowest BCUT2D eigenvalue weighted by Crippen LogP contribution is -2.73. The highest BCUT2D eigenvalue weighted by molar-refractivity contribution is 5.81. The Hall–Kier alpha value is -2.45. The predicted octanol–water partition coefficient (Wildman–Crippen LogP) is 2.80. The van der Waals surface area contributed by atoms with Gasteiger partial charge in [-0.2, -0.15) is 26.3 Å². The molecule has 0 bridgehead atoms. The molecule has 186 valence electrons. The summed E-state index contributed by atoms with van der Waals surface area (Å²) in [6.07, 6.45) is -12.2. The highest BCUT2D eigenvalue weighted by Crippen LogP contribution is 2.59. The monoisotopic (exact) mass is 492 g/mol.